The largest absolute Gasteiger partial charge is 0.491 e. The van der Waals surface area contributed by atoms with E-state index in [0.29, 0.717) is 11.8 Å². The zero-order valence-corrected chi connectivity index (χ0v) is 17.9. The second-order valence-electron chi connectivity index (χ2n) is 8.78. The van der Waals surface area contributed by atoms with Gasteiger partial charge >= 0.3 is 0 Å². The number of carbonyl (C=O) groups is 1. The van der Waals surface area contributed by atoms with E-state index in [9.17, 15) is 4.79 Å². The number of carbonyl (C=O) groups excluding carboxylic acids is 1. The molecule has 0 bridgehead atoms. The van der Waals surface area contributed by atoms with E-state index in [0.717, 1.165) is 36.7 Å². The Hall–Kier alpha value is -1.51. The van der Waals surface area contributed by atoms with Crippen LogP contribution in [0.3, 0.4) is 0 Å². The highest BCUT2D eigenvalue weighted by atomic mass is 16.5. The maximum Gasteiger partial charge on any atom is 0.253 e. The van der Waals surface area contributed by atoms with Gasteiger partial charge in [-0.3, -0.25) is 4.79 Å². The number of benzene rings is 1. The lowest BCUT2D eigenvalue weighted by Gasteiger charge is -2.26. The van der Waals surface area contributed by atoms with Crippen LogP contribution in [0, 0.1) is 17.8 Å². The van der Waals surface area contributed by atoms with Crippen molar-refractivity contribution in [3.63, 3.8) is 0 Å². The molecule has 0 fully saturated rings. The first-order valence-electron chi connectivity index (χ1n) is 10.2. The second-order valence-corrected chi connectivity index (χ2v) is 8.78. The Morgan fingerprint density at radius 1 is 0.846 bits per heavy atom. The Morgan fingerprint density at radius 2 is 1.38 bits per heavy atom. The molecule has 0 radical (unpaired) electrons. The lowest BCUT2D eigenvalue weighted by atomic mass is 10.0. The van der Waals surface area contributed by atoms with Crippen molar-refractivity contribution in [2.75, 3.05) is 13.1 Å². The molecule has 0 spiro atoms. The van der Waals surface area contributed by atoms with Crippen LogP contribution >= 0.6 is 0 Å². The predicted molar refractivity (Wildman–Crippen MR) is 111 cm³/mol. The van der Waals surface area contributed by atoms with E-state index in [4.69, 9.17) is 4.74 Å². The van der Waals surface area contributed by atoms with Crippen molar-refractivity contribution in [1.82, 2.24) is 4.90 Å². The van der Waals surface area contributed by atoms with E-state index >= 15 is 0 Å². The summed E-state index contributed by atoms with van der Waals surface area (Å²) >= 11 is 0. The third-order valence-electron chi connectivity index (χ3n) is 4.29. The van der Waals surface area contributed by atoms with Crippen LogP contribution in [0.1, 0.15) is 78.1 Å². The first kappa shape index (κ1) is 22.5. The third-order valence-corrected chi connectivity index (χ3v) is 4.29. The van der Waals surface area contributed by atoms with E-state index in [1.54, 1.807) is 0 Å². The highest BCUT2D eigenvalue weighted by Crippen LogP contribution is 2.18. The summed E-state index contributed by atoms with van der Waals surface area (Å²) in [5, 5.41) is 0. The maximum atomic E-state index is 12.8. The number of nitrogens with zero attached hydrogens (tertiary/aromatic N) is 1. The van der Waals surface area contributed by atoms with Crippen LogP contribution in [0.2, 0.25) is 0 Å². The van der Waals surface area contributed by atoms with Crippen molar-refractivity contribution in [3.8, 4) is 5.75 Å². The average molecular weight is 362 g/mol. The molecule has 0 aliphatic rings. The number of hydrogen-bond donors (Lipinski definition) is 0. The Labute approximate surface area is 161 Å². The maximum absolute atomic E-state index is 12.8. The van der Waals surface area contributed by atoms with E-state index in [1.165, 1.54) is 12.8 Å². The number of amides is 1. The van der Waals surface area contributed by atoms with Gasteiger partial charge in [-0.1, -0.05) is 48.0 Å². The molecule has 26 heavy (non-hydrogen) atoms. The number of ether oxygens (including phenoxy) is 1. The van der Waals surface area contributed by atoms with Crippen LogP contribution in [0.4, 0.5) is 0 Å². The van der Waals surface area contributed by atoms with Crippen molar-refractivity contribution in [3.05, 3.63) is 29.8 Å². The molecule has 1 amide bonds. The van der Waals surface area contributed by atoms with Gasteiger partial charge in [-0.25, -0.2) is 0 Å². The number of rotatable bonds is 11. The Morgan fingerprint density at radius 3 is 1.85 bits per heavy atom. The lowest BCUT2D eigenvalue weighted by Crippen LogP contribution is -2.37. The van der Waals surface area contributed by atoms with Crippen molar-refractivity contribution in [2.24, 2.45) is 17.8 Å². The standard InChI is InChI=1S/C23H39NO2/c1-17(2)9-8-10-20(7)26-22-13-11-21(12-14-22)23(25)24(15-18(3)4)16-19(5)6/h11-14,17-20H,8-10,15-16H2,1-7H3. The van der Waals surface area contributed by atoms with Gasteiger partial charge in [0.25, 0.3) is 5.91 Å². The molecule has 1 aromatic rings. The summed E-state index contributed by atoms with van der Waals surface area (Å²) in [5.41, 5.74) is 0.742. The van der Waals surface area contributed by atoms with E-state index in [-0.39, 0.29) is 12.0 Å². The van der Waals surface area contributed by atoms with Gasteiger partial charge in [0.05, 0.1) is 6.10 Å². The monoisotopic (exact) mass is 361 g/mol. The summed E-state index contributed by atoms with van der Waals surface area (Å²) in [4.78, 5) is 14.8. The minimum absolute atomic E-state index is 0.115. The van der Waals surface area contributed by atoms with Gasteiger partial charge < -0.3 is 9.64 Å². The quantitative estimate of drug-likeness (QED) is 0.481. The van der Waals surface area contributed by atoms with Crippen molar-refractivity contribution in [1.29, 1.82) is 0 Å². The minimum atomic E-state index is 0.115. The Kier molecular flexibility index (Phi) is 9.75. The minimum Gasteiger partial charge on any atom is -0.491 e. The Balaban J connectivity index is 2.65. The van der Waals surface area contributed by atoms with Gasteiger partial charge in [-0.15, -0.1) is 0 Å². The zero-order chi connectivity index (χ0) is 19.7. The molecular formula is C23H39NO2. The van der Waals surface area contributed by atoms with Crippen LogP contribution in [-0.4, -0.2) is 30.0 Å². The fourth-order valence-electron chi connectivity index (χ4n) is 3.09. The molecule has 0 N–H and O–H groups in total. The molecule has 0 saturated carbocycles. The summed E-state index contributed by atoms with van der Waals surface area (Å²) in [7, 11) is 0. The number of hydrogen-bond acceptors (Lipinski definition) is 2. The second kappa shape index (κ2) is 11.3. The molecule has 0 heterocycles. The highest BCUT2D eigenvalue weighted by molar-refractivity contribution is 5.94. The first-order valence-corrected chi connectivity index (χ1v) is 10.2. The zero-order valence-electron chi connectivity index (χ0n) is 17.9. The van der Waals surface area contributed by atoms with Gasteiger partial charge in [0.1, 0.15) is 5.75 Å². The summed E-state index contributed by atoms with van der Waals surface area (Å²) in [6.45, 7) is 16.8. The van der Waals surface area contributed by atoms with Crippen LogP contribution in [0.25, 0.3) is 0 Å². The van der Waals surface area contributed by atoms with E-state index < -0.39 is 0 Å². The molecule has 3 nitrogen and oxygen atoms in total. The molecule has 1 atom stereocenters. The van der Waals surface area contributed by atoms with Gasteiger partial charge in [-0.2, -0.15) is 0 Å². The predicted octanol–water partition coefficient (Wildman–Crippen LogP) is 6.03. The summed E-state index contributed by atoms with van der Waals surface area (Å²) in [5.74, 6) is 2.63. The van der Waals surface area contributed by atoms with Crippen LogP contribution < -0.4 is 4.74 Å². The average Bonchev–Trinajstić information content (AvgIpc) is 2.53. The van der Waals surface area contributed by atoms with Gasteiger partial charge in [0, 0.05) is 18.7 Å². The fourth-order valence-corrected chi connectivity index (χ4v) is 3.09. The molecule has 1 aromatic carbocycles. The van der Waals surface area contributed by atoms with Crippen molar-refractivity contribution >= 4 is 5.91 Å². The first-order chi connectivity index (χ1) is 12.2. The fraction of sp³-hybridized carbons (Fsp3) is 0.696. The molecule has 0 aromatic heterocycles. The van der Waals surface area contributed by atoms with Gasteiger partial charge in [0.2, 0.25) is 0 Å². The summed E-state index contributed by atoms with van der Waals surface area (Å²) < 4.78 is 6.00. The molecule has 1 unspecified atom stereocenters. The van der Waals surface area contributed by atoms with Crippen LogP contribution in [0.5, 0.6) is 5.75 Å². The van der Waals surface area contributed by atoms with Gasteiger partial charge in [0.15, 0.2) is 0 Å². The van der Waals surface area contributed by atoms with Crippen LogP contribution in [-0.2, 0) is 0 Å². The third kappa shape index (κ3) is 8.73. The van der Waals surface area contributed by atoms with Crippen molar-refractivity contribution in [2.45, 2.75) is 73.8 Å². The van der Waals surface area contributed by atoms with Crippen LogP contribution in [0.15, 0.2) is 24.3 Å². The lowest BCUT2D eigenvalue weighted by molar-refractivity contribution is 0.0715. The topological polar surface area (TPSA) is 29.5 Å². The normalized spacial score (nSPS) is 12.7. The highest BCUT2D eigenvalue weighted by Gasteiger charge is 2.18. The molecule has 1 rings (SSSR count). The van der Waals surface area contributed by atoms with Gasteiger partial charge in [-0.05, 0) is 61.8 Å². The molecule has 0 saturated heterocycles. The SMILES string of the molecule is CC(C)CCCC(C)Oc1ccc(C(=O)N(CC(C)C)CC(C)C)cc1. The smallest absolute Gasteiger partial charge is 0.253 e. The summed E-state index contributed by atoms with van der Waals surface area (Å²) in [6, 6.07) is 7.64. The molecule has 148 valence electrons. The summed E-state index contributed by atoms with van der Waals surface area (Å²) in [6.07, 6.45) is 3.70. The Bertz CT molecular complexity index is 510. The molecular weight excluding hydrogens is 322 g/mol. The van der Waals surface area contributed by atoms with E-state index in [2.05, 4.69) is 48.5 Å². The molecule has 3 heteroatoms. The van der Waals surface area contributed by atoms with Crippen molar-refractivity contribution < 1.29 is 9.53 Å². The van der Waals surface area contributed by atoms with E-state index in [1.807, 2.05) is 29.2 Å². The molecule has 0 aliphatic heterocycles. The molecule has 0 aliphatic carbocycles.